The number of rotatable bonds is 9. The SMILES string of the molecule is CN=C(NCCNC(=O)Cc1ccc(F)cc1)NCC1CCCN1Cc1ccccc1. The molecule has 0 bridgehead atoms. The van der Waals surface area contributed by atoms with Crippen molar-refractivity contribution in [3.8, 4) is 0 Å². The predicted molar refractivity (Wildman–Crippen MR) is 122 cm³/mol. The number of hydrogen-bond acceptors (Lipinski definition) is 3. The first-order valence-corrected chi connectivity index (χ1v) is 10.9. The van der Waals surface area contributed by atoms with Crippen LogP contribution in [0.2, 0.25) is 0 Å². The second-order valence-corrected chi connectivity index (χ2v) is 7.79. The summed E-state index contributed by atoms with van der Waals surface area (Å²) < 4.78 is 12.9. The van der Waals surface area contributed by atoms with Gasteiger partial charge in [-0.05, 0) is 42.6 Å². The number of carbonyl (C=O) groups is 1. The lowest BCUT2D eigenvalue weighted by molar-refractivity contribution is -0.120. The Hall–Kier alpha value is -2.93. The first kappa shape index (κ1) is 22.7. The van der Waals surface area contributed by atoms with Gasteiger partial charge in [-0.2, -0.15) is 0 Å². The van der Waals surface area contributed by atoms with Crippen LogP contribution in [0.3, 0.4) is 0 Å². The zero-order chi connectivity index (χ0) is 21.9. The normalized spacial score (nSPS) is 16.8. The Morgan fingerprint density at radius 2 is 1.77 bits per heavy atom. The summed E-state index contributed by atoms with van der Waals surface area (Å²) in [4.78, 5) is 18.8. The zero-order valence-electron chi connectivity index (χ0n) is 18.1. The fraction of sp³-hybridized carbons (Fsp3) is 0.417. The highest BCUT2D eigenvalue weighted by atomic mass is 19.1. The van der Waals surface area contributed by atoms with Crippen LogP contribution in [0, 0.1) is 5.82 Å². The van der Waals surface area contributed by atoms with E-state index in [2.05, 4.69) is 50.1 Å². The van der Waals surface area contributed by atoms with Crippen molar-refractivity contribution in [3.05, 3.63) is 71.5 Å². The first-order valence-electron chi connectivity index (χ1n) is 10.9. The van der Waals surface area contributed by atoms with Crippen LogP contribution in [0.1, 0.15) is 24.0 Å². The summed E-state index contributed by atoms with van der Waals surface area (Å²) in [5, 5.41) is 9.52. The molecular weight excluding hydrogens is 393 g/mol. The van der Waals surface area contributed by atoms with E-state index in [9.17, 15) is 9.18 Å². The van der Waals surface area contributed by atoms with E-state index in [4.69, 9.17) is 0 Å². The van der Waals surface area contributed by atoms with Gasteiger partial charge in [0.1, 0.15) is 5.82 Å². The quantitative estimate of drug-likeness (QED) is 0.328. The van der Waals surface area contributed by atoms with Crippen molar-refractivity contribution < 1.29 is 9.18 Å². The summed E-state index contributed by atoms with van der Waals surface area (Å²) in [5.41, 5.74) is 2.13. The Labute approximate surface area is 183 Å². The number of carbonyl (C=O) groups excluding carboxylic acids is 1. The van der Waals surface area contributed by atoms with Gasteiger partial charge in [0.25, 0.3) is 0 Å². The molecule has 1 amide bonds. The standard InChI is InChI=1S/C24H32FN5O/c1-26-24(28-14-13-27-23(31)16-19-9-11-21(25)12-10-19)29-17-22-8-5-15-30(22)18-20-6-3-2-4-7-20/h2-4,6-7,9-12,22H,5,8,13-18H2,1H3,(H,27,31)(H2,26,28,29). The highest BCUT2D eigenvalue weighted by molar-refractivity contribution is 5.80. The molecule has 2 aromatic rings. The van der Waals surface area contributed by atoms with Crippen molar-refractivity contribution in [1.29, 1.82) is 0 Å². The lowest BCUT2D eigenvalue weighted by atomic mass is 10.1. The second kappa shape index (κ2) is 12.1. The maximum atomic E-state index is 12.9. The molecule has 1 heterocycles. The molecule has 1 saturated heterocycles. The van der Waals surface area contributed by atoms with Crippen molar-refractivity contribution in [1.82, 2.24) is 20.9 Å². The van der Waals surface area contributed by atoms with Gasteiger partial charge in [-0.25, -0.2) is 4.39 Å². The number of guanidine groups is 1. The molecule has 6 nitrogen and oxygen atoms in total. The molecule has 1 aliphatic heterocycles. The number of hydrogen-bond donors (Lipinski definition) is 3. The van der Waals surface area contributed by atoms with Crippen molar-refractivity contribution >= 4 is 11.9 Å². The van der Waals surface area contributed by atoms with Crippen LogP contribution in [0.4, 0.5) is 4.39 Å². The molecule has 2 aromatic carbocycles. The lowest BCUT2D eigenvalue weighted by Gasteiger charge is -2.25. The van der Waals surface area contributed by atoms with Gasteiger partial charge in [0, 0.05) is 39.3 Å². The van der Waals surface area contributed by atoms with Gasteiger partial charge in [0.05, 0.1) is 6.42 Å². The zero-order valence-corrected chi connectivity index (χ0v) is 18.1. The molecule has 0 aromatic heterocycles. The molecule has 31 heavy (non-hydrogen) atoms. The third-order valence-corrected chi connectivity index (χ3v) is 5.47. The molecule has 0 radical (unpaired) electrons. The highest BCUT2D eigenvalue weighted by Crippen LogP contribution is 2.19. The molecular formula is C24H32FN5O. The van der Waals surface area contributed by atoms with Crippen molar-refractivity contribution in [2.75, 3.05) is 33.2 Å². The van der Waals surface area contributed by atoms with Crippen molar-refractivity contribution in [3.63, 3.8) is 0 Å². The molecule has 1 atom stereocenters. The summed E-state index contributed by atoms with van der Waals surface area (Å²) in [6.07, 6.45) is 2.63. The molecule has 0 aliphatic carbocycles. The molecule has 1 fully saturated rings. The van der Waals surface area contributed by atoms with E-state index in [1.165, 1.54) is 30.5 Å². The minimum atomic E-state index is -0.298. The van der Waals surface area contributed by atoms with Gasteiger partial charge >= 0.3 is 0 Å². The third kappa shape index (κ3) is 7.68. The van der Waals surface area contributed by atoms with Crippen molar-refractivity contribution in [2.45, 2.75) is 31.8 Å². The average molecular weight is 426 g/mol. The number of benzene rings is 2. The van der Waals surface area contributed by atoms with E-state index in [-0.39, 0.29) is 18.1 Å². The molecule has 1 aliphatic rings. The number of halogens is 1. The summed E-state index contributed by atoms with van der Waals surface area (Å²) >= 11 is 0. The topological polar surface area (TPSA) is 68.8 Å². The monoisotopic (exact) mass is 425 g/mol. The van der Waals surface area contributed by atoms with E-state index < -0.39 is 0 Å². The van der Waals surface area contributed by atoms with Gasteiger partial charge in [0.15, 0.2) is 5.96 Å². The first-order chi connectivity index (χ1) is 15.1. The minimum absolute atomic E-state index is 0.0844. The lowest BCUT2D eigenvalue weighted by Crippen LogP contribution is -2.46. The van der Waals surface area contributed by atoms with E-state index in [1.54, 1.807) is 19.2 Å². The molecule has 3 rings (SSSR count). The molecule has 1 unspecified atom stereocenters. The van der Waals surface area contributed by atoms with E-state index in [0.717, 1.165) is 31.2 Å². The van der Waals surface area contributed by atoms with Crippen LogP contribution in [-0.4, -0.2) is 56.0 Å². The fourth-order valence-electron chi connectivity index (χ4n) is 3.82. The van der Waals surface area contributed by atoms with Crippen LogP contribution >= 0.6 is 0 Å². The van der Waals surface area contributed by atoms with Gasteiger partial charge in [0.2, 0.25) is 5.91 Å². The van der Waals surface area contributed by atoms with Crippen LogP contribution in [0.5, 0.6) is 0 Å². The summed E-state index contributed by atoms with van der Waals surface area (Å²) in [6.45, 7) is 3.99. The summed E-state index contributed by atoms with van der Waals surface area (Å²) in [6, 6.07) is 17.0. The van der Waals surface area contributed by atoms with Crippen LogP contribution in [-0.2, 0) is 17.8 Å². The fourth-order valence-corrected chi connectivity index (χ4v) is 3.82. The molecule has 7 heteroatoms. The smallest absolute Gasteiger partial charge is 0.224 e. The Kier molecular flexibility index (Phi) is 8.84. The van der Waals surface area contributed by atoms with Crippen LogP contribution < -0.4 is 16.0 Å². The number of nitrogens with one attached hydrogen (secondary N) is 3. The van der Waals surface area contributed by atoms with Crippen molar-refractivity contribution in [2.24, 2.45) is 4.99 Å². The van der Waals surface area contributed by atoms with Gasteiger partial charge in [-0.15, -0.1) is 0 Å². The van der Waals surface area contributed by atoms with Gasteiger partial charge in [-0.3, -0.25) is 14.7 Å². The minimum Gasteiger partial charge on any atom is -0.355 e. The number of amides is 1. The van der Waals surface area contributed by atoms with E-state index >= 15 is 0 Å². The largest absolute Gasteiger partial charge is 0.355 e. The number of likely N-dealkylation sites (tertiary alicyclic amines) is 1. The summed E-state index contributed by atoms with van der Waals surface area (Å²) in [5.74, 6) is 0.353. The molecule has 3 N–H and O–H groups in total. The molecule has 0 saturated carbocycles. The van der Waals surface area contributed by atoms with Crippen LogP contribution in [0.15, 0.2) is 59.6 Å². The number of nitrogens with zero attached hydrogens (tertiary/aromatic N) is 2. The van der Waals surface area contributed by atoms with E-state index in [1.807, 2.05) is 6.07 Å². The Bertz CT molecular complexity index is 841. The predicted octanol–water partition coefficient (Wildman–Crippen LogP) is 2.31. The molecule has 0 spiro atoms. The third-order valence-electron chi connectivity index (χ3n) is 5.47. The Balaban J connectivity index is 1.33. The maximum absolute atomic E-state index is 12.9. The van der Waals surface area contributed by atoms with E-state index in [0.29, 0.717) is 19.1 Å². The second-order valence-electron chi connectivity index (χ2n) is 7.79. The molecule has 166 valence electrons. The average Bonchev–Trinajstić information content (AvgIpc) is 3.22. The Morgan fingerprint density at radius 3 is 2.52 bits per heavy atom. The van der Waals surface area contributed by atoms with Gasteiger partial charge < -0.3 is 16.0 Å². The van der Waals surface area contributed by atoms with Gasteiger partial charge in [-0.1, -0.05) is 42.5 Å². The Morgan fingerprint density at radius 1 is 1.03 bits per heavy atom. The number of aliphatic imine (C=N–C) groups is 1. The maximum Gasteiger partial charge on any atom is 0.224 e. The van der Waals surface area contributed by atoms with Crippen LogP contribution in [0.25, 0.3) is 0 Å². The highest BCUT2D eigenvalue weighted by Gasteiger charge is 2.24. The summed E-state index contributed by atoms with van der Waals surface area (Å²) in [7, 11) is 1.75.